The Morgan fingerprint density at radius 3 is 2.58 bits per heavy atom. The molecule has 1 aromatic carbocycles. The summed E-state index contributed by atoms with van der Waals surface area (Å²) in [7, 11) is 2.08. The second-order valence-corrected chi connectivity index (χ2v) is 6.91. The molecule has 0 amide bonds. The van der Waals surface area contributed by atoms with Gasteiger partial charge < -0.3 is 15.1 Å². The average Bonchev–Trinajstić information content (AvgIpc) is 3.09. The van der Waals surface area contributed by atoms with E-state index in [1.54, 1.807) is 0 Å². The van der Waals surface area contributed by atoms with Gasteiger partial charge in [-0.3, -0.25) is 4.99 Å². The highest BCUT2D eigenvalue weighted by Gasteiger charge is 2.10. The molecule has 1 aliphatic heterocycles. The van der Waals surface area contributed by atoms with Crippen LogP contribution in [0.15, 0.2) is 29.3 Å². The molecule has 0 atom stereocenters. The topological polar surface area (TPSA) is 30.9 Å². The number of hydrogen-bond donors (Lipinski definition) is 1. The number of hydrogen-bond acceptors (Lipinski definition) is 2. The lowest BCUT2D eigenvalue weighted by Gasteiger charge is -2.22. The van der Waals surface area contributed by atoms with Gasteiger partial charge in [0.2, 0.25) is 0 Å². The lowest BCUT2D eigenvalue weighted by atomic mass is 10.2. The van der Waals surface area contributed by atoms with E-state index in [1.165, 1.54) is 44.5 Å². The van der Waals surface area contributed by atoms with E-state index in [-0.39, 0.29) is 0 Å². The van der Waals surface area contributed by atoms with Crippen LogP contribution >= 0.6 is 11.6 Å². The fraction of sp³-hybridized carbons (Fsp3) is 0.632. The van der Waals surface area contributed by atoms with Crippen LogP contribution in [0.1, 0.15) is 38.2 Å². The summed E-state index contributed by atoms with van der Waals surface area (Å²) in [5.41, 5.74) is 1.24. The minimum atomic E-state index is 0.778. The summed E-state index contributed by atoms with van der Waals surface area (Å²) < 4.78 is 0. The van der Waals surface area contributed by atoms with E-state index in [0.29, 0.717) is 0 Å². The molecule has 0 aliphatic carbocycles. The zero-order valence-electron chi connectivity index (χ0n) is 15.1. The van der Waals surface area contributed by atoms with Crippen molar-refractivity contribution < 1.29 is 0 Å². The molecule has 0 saturated carbocycles. The number of halogens is 1. The van der Waals surface area contributed by atoms with Gasteiger partial charge >= 0.3 is 0 Å². The predicted octanol–water partition coefficient (Wildman–Crippen LogP) is 3.61. The third-order valence-corrected chi connectivity index (χ3v) is 4.62. The SMILES string of the molecule is CCNC(=NCCCCN1CCCC1)N(C)Cc1ccc(Cl)cc1. The van der Waals surface area contributed by atoms with Gasteiger partial charge in [0.15, 0.2) is 5.96 Å². The van der Waals surface area contributed by atoms with Gasteiger partial charge in [-0.25, -0.2) is 0 Å². The first-order chi connectivity index (χ1) is 11.7. The standard InChI is InChI=1S/C19H31ClN4/c1-3-21-19(22-12-4-5-13-24-14-6-7-15-24)23(2)16-17-8-10-18(20)11-9-17/h8-11H,3-7,12-16H2,1-2H3,(H,21,22). The lowest BCUT2D eigenvalue weighted by molar-refractivity contribution is 0.331. The molecule has 1 aliphatic rings. The van der Waals surface area contributed by atoms with Crippen LogP contribution in [0, 0.1) is 0 Å². The van der Waals surface area contributed by atoms with E-state index in [2.05, 4.69) is 41.2 Å². The third kappa shape index (κ3) is 6.70. The van der Waals surface area contributed by atoms with Gasteiger partial charge in [0.05, 0.1) is 0 Å². The summed E-state index contributed by atoms with van der Waals surface area (Å²) in [5, 5.41) is 4.16. The first-order valence-electron chi connectivity index (χ1n) is 9.15. The van der Waals surface area contributed by atoms with Gasteiger partial charge in [0.25, 0.3) is 0 Å². The number of nitrogens with zero attached hydrogens (tertiary/aromatic N) is 3. The van der Waals surface area contributed by atoms with E-state index in [4.69, 9.17) is 16.6 Å². The van der Waals surface area contributed by atoms with Crippen LogP contribution in [0.2, 0.25) is 5.02 Å². The minimum absolute atomic E-state index is 0.778. The molecule has 1 saturated heterocycles. The highest BCUT2D eigenvalue weighted by Crippen LogP contribution is 2.11. The monoisotopic (exact) mass is 350 g/mol. The Bertz CT molecular complexity index is 495. The normalized spacial score (nSPS) is 15.7. The van der Waals surface area contributed by atoms with E-state index >= 15 is 0 Å². The number of aliphatic imine (C=N–C) groups is 1. The van der Waals surface area contributed by atoms with Crippen molar-refractivity contribution in [3.63, 3.8) is 0 Å². The quantitative estimate of drug-likeness (QED) is 0.441. The van der Waals surface area contributed by atoms with Crippen molar-refractivity contribution in [3.8, 4) is 0 Å². The van der Waals surface area contributed by atoms with Crippen LogP contribution in [0.4, 0.5) is 0 Å². The summed E-state index contributed by atoms with van der Waals surface area (Å²) in [6, 6.07) is 8.01. The van der Waals surface area contributed by atoms with E-state index in [9.17, 15) is 0 Å². The Hall–Kier alpha value is -1.26. The number of unbranched alkanes of at least 4 members (excludes halogenated alkanes) is 1. The molecule has 0 aromatic heterocycles. The molecule has 134 valence electrons. The van der Waals surface area contributed by atoms with E-state index in [0.717, 1.165) is 37.0 Å². The Kier molecular flexibility index (Phi) is 8.40. The van der Waals surface area contributed by atoms with Gasteiger partial charge in [-0.2, -0.15) is 0 Å². The highest BCUT2D eigenvalue weighted by atomic mass is 35.5. The van der Waals surface area contributed by atoms with Gasteiger partial charge in [0.1, 0.15) is 0 Å². The average molecular weight is 351 g/mol. The number of rotatable bonds is 8. The van der Waals surface area contributed by atoms with Gasteiger partial charge in [-0.1, -0.05) is 23.7 Å². The van der Waals surface area contributed by atoms with Crippen LogP contribution in [-0.4, -0.2) is 55.5 Å². The summed E-state index contributed by atoms with van der Waals surface area (Å²) >= 11 is 5.95. The molecule has 1 aromatic rings. The van der Waals surface area contributed by atoms with Crippen molar-refractivity contribution >= 4 is 17.6 Å². The molecule has 2 rings (SSSR count). The maximum Gasteiger partial charge on any atom is 0.193 e. The molecule has 24 heavy (non-hydrogen) atoms. The molecular weight excluding hydrogens is 320 g/mol. The second kappa shape index (κ2) is 10.6. The molecule has 0 bridgehead atoms. The molecule has 0 radical (unpaired) electrons. The smallest absolute Gasteiger partial charge is 0.193 e. The highest BCUT2D eigenvalue weighted by molar-refractivity contribution is 6.30. The van der Waals surface area contributed by atoms with Crippen molar-refractivity contribution in [3.05, 3.63) is 34.9 Å². The molecule has 5 heteroatoms. The second-order valence-electron chi connectivity index (χ2n) is 6.47. The van der Waals surface area contributed by atoms with Crippen LogP contribution in [-0.2, 0) is 6.54 Å². The van der Waals surface area contributed by atoms with Crippen LogP contribution in [0.25, 0.3) is 0 Å². The van der Waals surface area contributed by atoms with Crippen molar-refractivity contribution in [1.29, 1.82) is 0 Å². The van der Waals surface area contributed by atoms with Crippen LogP contribution < -0.4 is 5.32 Å². The minimum Gasteiger partial charge on any atom is -0.357 e. The van der Waals surface area contributed by atoms with Gasteiger partial charge in [0, 0.05) is 31.7 Å². The first kappa shape index (κ1) is 19.1. The summed E-state index contributed by atoms with van der Waals surface area (Å²) in [5.74, 6) is 0.980. The largest absolute Gasteiger partial charge is 0.357 e. The summed E-state index contributed by atoms with van der Waals surface area (Å²) in [6.45, 7) is 8.52. The molecule has 1 heterocycles. The number of guanidine groups is 1. The summed E-state index contributed by atoms with van der Waals surface area (Å²) in [6.07, 6.45) is 5.14. The molecule has 1 N–H and O–H groups in total. The zero-order valence-corrected chi connectivity index (χ0v) is 15.9. The molecule has 4 nitrogen and oxygen atoms in total. The Balaban J connectivity index is 1.76. The fourth-order valence-corrected chi connectivity index (χ4v) is 3.17. The number of likely N-dealkylation sites (tertiary alicyclic amines) is 1. The molecule has 1 fully saturated rings. The predicted molar refractivity (Wildman–Crippen MR) is 104 cm³/mol. The van der Waals surface area contributed by atoms with Crippen LogP contribution in [0.3, 0.4) is 0 Å². The zero-order chi connectivity index (χ0) is 17.2. The Labute approximate surface area is 151 Å². The Morgan fingerprint density at radius 2 is 1.92 bits per heavy atom. The van der Waals surface area contributed by atoms with Crippen molar-refractivity contribution in [2.24, 2.45) is 4.99 Å². The van der Waals surface area contributed by atoms with Crippen LogP contribution in [0.5, 0.6) is 0 Å². The van der Waals surface area contributed by atoms with Crippen molar-refractivity contribution in [1.82, 2.24) is 15.1 Å². The third-order valence-electron chi connectivity index (χ3n) is 4.37. The molecule has 0 spiro atoms. The number of nitrogens with one attached hydrogen (secondary N) is 1. The van der Waals surface area contributed by atoms with E-state index < -0.39 is 0 Å². The Morgan fingerprint density at radius 1 is 1.21 bits per heavy atom. The van der Waals surface area contributed by atoms with Crippen molar-refractivity contribution in [2.45, 2.75) is 39.2 Å². The van der Waals surface area contributed by atoms with Crippen molar-refractivity contribution in [2.75, 3.05) is 39.8 Å². The fourth-order valence-electron chi connectivity index (χ4n) is 3.05. The number of benzene rings is 1. The van der Waals surface area contributed by atoms with E-state index in [1.807, 2.05) is 12.1 Å². The molecular formula is C19H31ClN4. The summed E-state index contributed by atoms with van der Waals surface area (Å²) in [4.78, 5) is 9.52. The molecule has 0 unspecified atom stereocenters. The lowest BCUT2D eigenvalue weighted by Crippen LogP contribution is -2.38. The first-order valence-corrected chi connectivity index (χ1v) is 9.53. The van der Waals surface area contributed by atoms with Gasteiger partial charge in [-0.15, -0.1) is 0 Å². The maximum atomic E-state index is 5.95. The maximum absolute atomic E-state index is 5.95. The van der Waals surface area contributed by atoms with Gasteiger partial charge in [-0.05, 0) is 69.9 Å².